The average molecular weight is 367 g/mol. The van der Waals surface area contributed by atoms with Gasteiger partial charge in [0.05, 0.1) is 0 Å². The van der Waals surface area contributed by atoms with Crippen molar-refractivity contribution in [3.63, 3.8) is 0 Å². The van der Waals surface area contributed by atoms with Crippen LogP contribution in [0.3, 0.4) is 0 Å². The predicted molar refractivity (Wildman–Crippen MR) is 99.7 cm³/mol. The Balaban J connectivity index is 1.96. The number of imide groups is 1. The van der Waals surface area contributed by atoms with Crippen molar-refractivity contribution in [2.45, 2.75) is 25.4 Å². The van der Waals surface area contributed by atoms with E-state index in [-0.39, 0.29) is 13.0 Å². The summed E-state index contributed by atoms with van der Waals surface area (Å²) in [5, 5.41) is 9.10. The number of amides is 3. The van der Waals surface area contributed by atoms with E-state index in [0.29, 0.717) is 5.69 Å². The number of carbonyl (C=O) groups excluding carboxylic acids is 2. The molecular weight excluding hydrogens is 346 g/mol. The molecule has 7 nitrogen and oxygen atoms in total. The maximum atomic E-state index is 13.0. The molecule has 27 heavy (non-hydrogen) atoms. The molecule has 1 fully saturated rings. The van der Waals surface area contributed by atoms with Crippen molar-refractivity contribution in [2.75, 3.05) is 12.3 Å². The Bertz CT molecular complexity index is 867. The number of nitrogens with zero attached hydrogens (tertiary/aromatic N) is 2. The highest BCUT2D eigenvalue weighted by Gasteiger charge is 2.54. The summed E-state index contributed by atoms with van der Waals surface area (Å²) in [5.74, 6) is -1.74. The fourth-order valence-corrected chi connectivity index (χ4v) is 3.34. The van der Waals surface area contributed by atoms with Gasteiger partial charge in [0.1, 0.15) is 12.1 Å². The smallest absolute Gasteiger partial charge is 0.328 e. The summed E-state index contributed by atoms with van der Waals surface area (Å²) in [6, 6.07) is 15.8. The molecule has 140 valence electrons. The number of urea groups is 1. The van der Waals surface area contributed by atoms with Crippen molar-refractivity contribution in [3.05, 3.63) is 65.7 Å². The Morgan fingerprint density at radius 3 is 2.26 bits per heavy atom. The van der Waals surface area contributed by atoms with Crippen LogP contribution in [0.25, 0.3) is 0 Å². The number of rotatable bonds is 6. The van der Waals surface area contributed by atoms with E-state index in [1.807, 2.05) is 30.3 Å². The van der Waals surface area contributed by atoms with Crippen LogP contribution in [-0.2, 0) is 22.6 Å². The highest BCUT2D eigenvalue weighted by atomic mass is 16.4. The Hall–Kier alpha value is -3.35. The van der Waals surface area contributed by atoms with Crippen LogP contribution in [0.1, 0.15) is 18.1 Å². The second kappa shape index (κ2) is 7.11. The molecule has 1 atom stereocenters. The van der Waals surface area contributed by atoms with Gasteiger partial charge < -0.3 is 15.7 Å². The van der Waals surface area contributed by atoms with Gasteiger partial charge in [-0.1, -0.05) is 42.5 Å². The molecule has 1 aliphatic heterocycles. The average Bonchev–Trinajstić information content (AvgIpc) is 2.80. The Morgan fingerprint density at radius 1 is 1.04 bits per heavy atom. The van der Waals surface area contributed by atoms with Crippen LogP contribution in [0.2, 0.25) is 0 Å². The van der Waals surface area contributed by atoms with Crippen molar-refractivity contribution in [2.24, 2.45) is 0 Å². The summed E-state index contributed by atoms with van der Waals surface area (Å²) in [6.07, 6.45) is 0.265. The van der Waals surface area contributed by atoms with Gasteiger partial charge in [-0.2, -0.15) is 0 Å². The lowest BCUT2D eigenvalue weighted by Gasteiger charge is -2.32. The summed E-state index contributed by atoms with van der Waals surface area (Å²) < 4.78 is 0. The number of nitrogens with two attached hydrogens (primary N) is 1. The maximum Gasteiger partial charge on any atom is 0.328 e. The van der Waals surface area contributed by atoms with Gasteiger partial charge in [-0.05, 0) is 30.2 Å². The van der Waals surface area contributed by atoms with Gasteiger partial charge in [0.2, 0.25) is 0 Å². The van der Waals surface area contributed by atoms with E-state index in [0.717, 1.165) is 16.0 Å². The molecule has 0 aliphatic carbocycles. The molecule has 3 rings (SSSR count). The van der Waals surface area contributed by atoms with Gasteiger partial charge in [0.15, 0.2) is 0 Å². The lowest BCUT2D eigenvalue weighted by molar-refractivity contribution is -0.143. The number of carboxylic acid groups (broad SMARTS) is 1. The van der Waals surface area contributed by atoms with Gasteiger partial charge in [0.25, 0.3) is 5.91 Å². The second-order valence-corrected chi connectivity index (χ2v) is 6.83. The standard InChI is InChI=1S/C20H21N3O4/c1-20(11-14-7-9-16(21)10-8-14)18(26)22(13-17(24)25)19(27)23(20)12-15-5-3-2-4-6-15/h2-10H,11-13,21H2,1H3,(H,24,25)/t20-/m0/s1. The zero-order chi connectivity index (χ0) is 19.6. The molecule has 0 bridgehead atoms. The number of carboxylic acids is 1. The minimum atomic E-state index is -1.23. The van der Waals surface area contributed by atoms with Crippen molar-refractivity contribution in [3.8, 4) is 0 Å². The first-order valence-corrected chi connectivity index (χ1v) is 8.55. The number of hydrogen-bond donors (Lipinski definition) is 2. The first kappa shape index (κ1) is 18.4. The molecule has 2 aromatic carbocycles. The lowest BCUT2D eigenvalue weighted by atomic mass is 9.90. The SMILES string of the molecule is C[C@]1(Cc2ccc(N)cc2)C(=O)N(CC(=O)O)C(=O)N1Cc1ccccc1. The van der Waals surface area contributed by atoms with Crippen molar-refractivity contribution in [1.29, 1.82) is 0 Å². The molecule has 0 unspecified atom stereocenters. The van der Waals surface area contributed by atoms with Crippen LogP contribution in [0.5, 0.6) is 0 Å². The predicted octanol–water partition coefficient (Wildman–Crippen LogP) is 2.12. The fourth-order valence-electron chi connectivity index (χ4n) is 3.34. The third-order valence-electron chi connectivity index (χ3n) is 4.77. The summed E-state index contributed by atoms with van der Waals surface area (Å²) in [7, 11) is 0. The van der Waals surface area contributed by atoms with Crippen LogP contribution in [0, 0.1) is 0 Å². The minimum absolute atomic E-state index is 0.215. The van der Waals surface area contributed by atoms with Crippen LogP contribution in [-0.4, -0.2) is 44.9 Å². The third kappa shape index (κ3) is 3.62. The summed E-state index contributed by atoms with van der Waals surface area (Å²) in [4.78, 5) is 39.3. The molecule has 1 saturated heterocycles. The van der Waals surface area contributed by atoms with Crippen LogP contribution >= 0.6 is 0 Å². The molecule has 3 amide bonds. The zero-order valence-corrected chi connectivity index (χ0v) is 15.0. The topological polar surface area (TPSA) is 104 Å². The normalized spacial score (nSPS) is 19.6. The zero-order valence-electron chi connectivity index (χ0n) is 15.0. The third-order valence-corrected chi connectivity index (χ3v) is 4.77. The molecule has 7 heteroatoms. The van der Waals surface area contributed by atoms with E-state index in [2.05, 4.69) is 0 Å². The first-order valence-electron chi connectivity index (χ1n) is 8.55. The first-order chi connectivity index (χ1) is 12.8. The highest BCUT2D eigenvalue weighted by molar-refractivity contribution is 6.08. The molecule has 1 aliphatic rings. The van der Waals surface area contributed by atoms with Gasteiger partial charge in [-0.3, -0.25) is 14.5 Å². The quantitative estimate of drug-likeness (QED) is 0.601. The maximum absolute atomic E-state index is 13.0. The number of benzene rings is 2. The summed E-state index contributed by atoms with van der Waals surface area (Å²) in [5.41, 5.74) is 6.84. The van der Waals surface area contributed by atoms with Gasteiger partial charge in [0, 0.05) is 18.7 Å². The number of anilines is 1. The lowest BCUT2D eigenvalue weighted by Crippen LogP contribution is -2.48. The Morgan fingerprint density at radius 2 is 1.67 bits per heavy atom. The van der Waals surface area contributed by atoms with Gasteiger partial charge in [-0.25, -0.2) is 4.79 Å². The molecule has 1 heterocycles. The molecule has 0 saturated carbocycles. The summed E-state index contributed by atoms with van der Waals surface area (Å²) in [6.45, 7) is 1.24. The molecule has 0 spiro atoms. The van der Waals surface area contributed by atoms with E-state index in [9.17, 15) is 14.4 Å². The minimum Gasteiger partial charge on any atom is -0.480 e. The fraction of sp³-hybridized carbons (Fsp3) is 0.250. The molecule has 0 aromatic heterocycles. The number of carbonyl (C=O) groups is 3. The van der Waals surface area contributed by atoms with Gasteiger partial charge in [-0.15, -0.1) is 0 Å². The molecule has 0 radical (unpaired) electrons. The van der Waals surface area contributed by atoms with E-state index in [1.165, 1.54) is 4.90 Å². The number of hydrogen-bond acceptors (Lipinski definition) is 4. The van der Waals surface area contributed by atoms with Crippen molar-refractivity contribution < 1.29 is 19.5 Å². The molecule has 3 N–H and O–H groups in total. The molecular formula is C20H21N3O4. The van der Waals surface area contributed by atoms with Crippen molar-refractivity contribution >= 4 is 23.6 Å². The van der Waals surface area contributed by atoms with Crippen LogP contribution in [0.15, 0.2) is 54.6 Å². The number of nitrogen functional groups attached to an aromatic ring is 1. The van der Waals surface area contributed by atoms with Crippen LogP contribution < -0.4 is 5.73 Å². The molecule has 2 aromatic rings. The largest absolute Gasteiger partial charge is 0.480 e. The van der Waals surface area contributed by atoms with Crippen molar-refractivity contribution in [1.82, 2.24) is 9.80 Å². The Labute approximate surface area is 157 Å². The number of aliphatic carboxylic acids is 1. The van der Waals surface area contributed by atoms with E-state index in [1.54, 1.807) is 31.2 Å². The highest BCUT2D eigenvalue weighted by Crippen LogP contribution is 2.33. The van der Waals surface area contributed by atoms with Crippen LogP contribution in [0.4, 0.5) is 10.5 Å². The van der Waals surface area contributed by atoms with E-state index in [4.69, 9.17) is 10.8 Å². The second-order valence-electron chi connectivity index (χ2n) is 6.83. The summed E-state index contributed by atoms with van der Waals surface area (Å²) >= 11 is 0. The van der Waals surface area contributed by atoms with E-state index >= 15 is 0 Å². The van der Waals surface area contributed by atoms with Gasteiger partial charge >= 0.3 is 12.0 Å². The monoisotopic (exact) mass is 367 g/mol. The van der Waals surface area contributed by atoms with E-state index < -0.39 is 30.0 Å². The Kier molecular flexibility index (Phi) is 4.85.